The lowest BCUT2D eigenvalue weighted by Gasteiger charge is -2.19. The van der Waals surface area contributed by atoms with Gasteiger partial charge < -0.3 is 4.74 Å². The van der Waals surface area contributed by atoms with E-state index < -0.39 is 0 Å². The summed E-state index contributed by atoms with van der Waals surface area (Å²) in [5.74, 6) is -0.621. The summed E-state index contributed by atoms with van der Waals surface area (Å²) in [5, 5.41) is 2.32. The molecule has 1 heterocycles. The zero-order valence-corrected chi connectivity index (χ0v) is 16.7. The highest BCUT2D eigenvalue weighted by molar-refractivity contribution is 8.14. The van der Waals surface area contributed by atoms with E-state index in [9.17, 15) is 9.59 Å². The summed E-state index contributed by atoms with van der Waals surface area (Å²) < 4.78 is 4.95. The fourth-order valence-corrected chi connectivity index (χ4v) is 3.25. The molecular formula is C20H18ClN3O3S. The van der Waals surface area contributed by atoms with Crippen molar-refractivity contribution in [2.24, 2.45) is 4.99 Å². The quantitative estimate of drug-likeness (QED) is 0.565. The molecule has 2 aromatic rings. The fraction of sp³-hybridized carbons (Fsp3) is 0.150. The van der Waals surface area contributed by atoms with Crippen molar-refractivity contribution in [2.45, 2.75) is 6.92 Å². The molecule has 1 amide bonds. The van der Waals surface area contributed by atoms with Crippen LogP contribution in [0.4, 0.5) is 5.69 Å². The Kier molecular flexibility index (Phi) is 6.73. The molecule has 0 saturated carbocycles. The molecule has 144 valence electrons. The molecule has 0 spiro atoms. The van der Waals surface area contributed by atoms with Crippen LogP contribution in [0, 0.1) is 0 Å². The van der Waals surface area contributed by atoms with Crippen LogP contribution in [0.3, 0.4) is 0 Å². The van der Waals surface area contributed by atoms with Crippen LogP contribution in [-0.2, 0) is 14.3 Å². The molecule has 1 N–H and O–H groups in total. The van der Waals surface area contributed by atoms with E-state index in [1.54, 1.807) is 37.3 Å². The first kappa shape index (κ1) is 20.0. The Morgan fingerprint density at radius 1 is 1.21 bits per heavy atom. The molecule has 3 rings (SSSR count). The Morgan fingerprint density at radius 2 is 1.93 bits per heavy atom. The fourth-order valence-electron chi connectivity index (χ4n) is 2.38. The summed E-state index contributed by atoms with van der Waals surface area (Å²) in [6, 6.07) is 16.4. The van der Waals surface area contributed by atoms with Crippen molar-refractivity contribution in [3.05, 3.63) is 70.9 Å². The molecule has 0 fully saturated rings. The number of carbonyl (C=O) groups excluding carboxylic acids is 2. The van der Waals surface area contributed by atoms with Crippen LogP contribution in [-0.4, -0.2) is 34.4 Å². The van der Waals surface area contributed by atoms with Gasteiger partial charge in [-0.3, -0.25) is 15.0 Å². The minimum Gasteiger partial charge on any atom is -0.465 e. The minimum atomic E-state index is -0.363. The summed E-state index contributed by atoms with van der Waals surface area (Å²) in [4.78, 5) is 29.0. The zero-order chi connectivity index (χ0) is 19.9. The summed E-state index contributed by atoms with van der Waals surface area (Å²) in [6.07, 6.45) is 1.68. The van der Waals surface area contributed by atoms with Crippen molar-refractivity contribution in [1.29, 1.82) is 0 Å². The molecule has 0 aromatic heterocycles. The van der Waals surface area contributed by atoms with Crippen molar-refractivity contribution in [3.8, 4) is 0 Å². The van der Waals surface area contributed by atoms with Crippen molar-refractivity contribution in [3.63, 3.8) is 0 Å². The highest BCUT2D eigenvalue weighted by Crippen LogP contribution is 2.25. The van der Waals surface area contributed by atoms with E-state index in [0.717, 1.165) is 23.0 Å². The number of amides is 1. The number of hydrogen-bond donors (Lipinski definition) is 1. The Balaban J connectivity index is 1.84. The van der Waals surface area contributed by atoms with E-state index in [-0.39, 0.29) is 23.3 Å². The number of aliphatic imine (C=N–C) groups is 1. The largest absolute Gasteiger partial charge is 0.465 e. The molecule has 8 heteroatoms. The third-order valence-electron chi connectivity index (χ3n) is 3.64. The van der Waals surface area contributed by atoms with Crippen LogP contribution in [0.1, 0.15) is 12.5 Å². The Bertz CT molecular complexity index is 914. The van der Waals surface area contributed by atoms with Gasteiger partial charge in [-0.25, -0.2) is 4.99 Å². The van der Waals surface area contributed by atoms with Gasteiger partial charge in [0.1, 0.15) is 5.70 Å². The SMILES string of the molecule is CCOC(=O)CSC1=N/C(=C\c2ccc(Cl)cc2)C(=O)N1Nc1ccccc1. The number of halogens is 1. The summed E-state index contributed by atoms with van der Waals surface area (Å²) in [6.45, 7) is 2.05. The van der Waals surface area contributed by atoms with Crippen LogP contribution in [0.15, 0.2) is 65.3 Å². The normalized spacial score (nSPS) is 14.9. The van der Waals surface area contributed by atoms with Gasteiger partial charge in [0, 0.05) is 5.02 Å². The van der Waals surface area contributed by atoms with Gasteiger partial charge >= 0.3 is 5.97 Å². The number of ether oxygens (including phenoxy) is 1. The van der Waals surface area contributed by atoms with Crippen molar-refractivity contribution < 1.29 is 14.3 Å². The van der Waals surface area contributed by atoms with Gasteiger partial charge in [-0.05, 0) is 42.8 Å². The second kappa shape index (κ2) is 9.43. The first-order chi connectivity index (χ1) is 13.6. The highest BCUT2D eigenvalue weighted by atomic mass is 35.5. The smallest absolute Gasteiger partial charge is 0.316 e. The number of nitrogens with one attached hydrogen (secondary N) is 1. The van der Waals surface area contributed by atoms with Gasteiger partial charge in [-0.15, -0.1) is 0 Å². The number of nitrogens with zero attached hydrogens (tertiary/aromatic N) is 2. The van der Waals surface area contributed by atoms with E-state index >= 15 is 0 Å². The Morgan fingerprint density at radius 3 is 2.61 bits per heavy atom. The van der Waals surface area contributed by atoms with E-state index in [4.69, 9.17) is 16.3 Å². The average Bonchev–Trinajstić information content (AvgIpc) is 2.98. The molecule has 0 aliphatic carbocycles. The molecule has 28 heavy (non-hydrogen) atoms. The predicted octanol–water partition coefficient (Wildman–Crippen LogP) is 4.20. The zero-order valence-electron chi connectivity index (χ0n) is 15.1. The van der Waals surface area contributed by atoms with Crippen LogP contribution in [0.25, 0.3) is 6.08 Å². The number of hydrogen-bond acceptors (Lipinski definition) is 6. The number of carbonyl (C=O) groups is 2. The van der Waals surface area contributed by atoms with E-state index in [1.807, 2.05) is 30.3 Å². The highest BCUT2D eigenvalue weighted by Gasteiger charge is 2.31. The number of amidine groups is 1. The van der Waals surface area contributed by atoms with Crippen LogP contribution in [0.5, 0.6) is 0 Å². The number of benzene rings is 2. The van der Waals surface area contributed by atoms with E-state index in [2.05, 4.69) is 10.4 Å². The van der Waals surface area contributed by atoms with E-state index in [1.165, 1.54) is 5.01 Å². The van der Waals surface area contributed by atoms with Crippen LogP contribution < -0.4 is 5.43 Å². The van der Waals surface area contributed by atoms with Crippen LogP contribution in [0.2, 0.25) is 5.02 Å². The molecule has 0 atom stereocenters. The van der Waals surface area contributed by atoms with E-state index in [0.29, 0.717) is 16.8 Å². The van der Waals surface area contributed by atoms with Crippen molar-refractivity contribution in [2.75, 3.05) is 17.8 Å². The average molecular weight is 416 g/mol. The molecule has 2 aromatic carbocycles. The topological polar surface area (TPSA) is 71.0 Å². The molecule has 0 saturated heterocycles. The number of anilines is 1. The van der Waals surface area contributed by atoms with Gasteiger partial charge in [-0.1, -0.05) is 53.7 Å². The van der Waals surface area contributed by atoms with Crippen molar-refractivity contribution in [1.82, 2.24) is 5.01 Å². The third kappa shape index (κ3) is 5.15. The molecule has 0 radical (unpaired) electrons. The summed E-state index contributed by atoms with van der Waals surface area (Å²) in [7, 11) is 0. The maximum atomic E-state index is 12.9. The number of thioether (sulfide) groups is 1. The molecule has 0 unspecified atom stereocenters. The number of esters is 1. The second-order valence-corrected chi connectivity index (χ2v) is 7.07. The first-order valence-corrected chi connectivity index (χ1v) is 9.93. The Hall–Kier alpha value is -2.77. The first-order valence-electron chi connectivity index (χ1n) is 8.57. The van der Waals surface area contributed by atoms with Gasteiger partial charge in [0.05, 0.1) is 18.0 Å². The van der Waals surface area contributed by atoms with Gasteiger partial charge in [-0.2, -0.15) is 5.01 Å². The number of rotatable bonds is 6. The molecule has 1 aliphatic heterocycles. The molecular weight excluding hydrogens is 398 g/mol. The minimum absolute atomic E-state index is 0.0567. The van der Waals surface area contributed by atoms with Crippen molar-refractivity contribution >= 4 is 52.2 Å². The second-order valence-electron chi connectivity index (χ2n) is 5.69. The number of hydrazine groups is 1. The monoisotopic (exact) mass is 415 g/mol. The molecule has 1 aliphatic rings. The van der Waals surface area contributed by atoms with Gasteiger partial charge in [0.25, 0.3) is 5.91 Å². The van der Waals surface area contributed by atoms with Gasteiger partial charge in [0.2, 0.25) is 0 Å². The molecule has 6 nitrogen and oxygen atoms in total. The number of para-hydroxylation sites is 1. The summed E-state index contributed by atoms with van der Waals surface area (Å²) in [5.41, 5.74) is 4.83. The van der Waals surface area contributed by atoms with Gasteiger partial charge in [0.15, 0.2) is 5.17 Å². The lowest BCUT2D eigenvalue weighted by Crippen LogP contribution is -2.36. The summed E-state index contributed by atoms with van der Waals surface area (Å²) >= 11 is 7.05. The third-order valence-corrected chi connectivity index (χ3v) is 4.81. The maximum absolute atomic E-state index is 12.9. The lowest BCUT2D eigenvalue weighted by molar-refractivity contribution is -0.139. The Labute approximate surface area is 172 Å². The molecule has 0 bridgehead atoms. The lowest BCUT2D eigenvalue weighted by atomic mass is 10.2. The van der Waals surface area contributed by atoms with Crippen LogP contribution >= 0.6 is 23.4 Å². The maximum Gasteiger partial charge on any atom is 0.316 e. The standard InChI is InChI=1S/C20H18ClN3O3S/c1-2-27-18(25)13-28-20-22-17(12-14-8-10-15(21)11-9-14)19(26)24(20)23-16-6-4-3-5-7-16/h3-12,23H,2,13H2,1H3/b17-12-. The predicted molar refractivity (Wildman–Crippen MR) is 113 cm³/mol.